The summed E-state index contributed by atoms with van der Waals surface area (Å²) in [6.07, 6.45) is 0.781. The van der Waals surface area contributed by atoms with Crippen molar-refractivity contribution in [3.63, 3.8) is 0 Å². The molecule has 1 amide bonds. The molecule has 7 nitrogen and oxygen atoms in total. The van der Waals surface area contributed by atoms with Crippen LogP contribution in [0, 0.1) is 6.92 Å². The molecule has 1 N–H and O–H groups in total. The summed E-state index contributed by atoms with van der Waals surface area (Å²) in [5, 5.41) is 15.4. The van der Waals surface area contributed by atoms with Gasteiger partial charge < -0.3 is 10.1 Å². The standard InChI is InChI=1S/C29H27N5O2S2/c1-20-11-13-23(14-12-20)34-27(22-9-6-10-24(17-22)36-2)32-33-29(34)38-19-26-31-25(18-37-26)28(35)30-16-15-21-7-4-3-5-8-21/h3-14,17-18H,15-16,19H2,1-2H3,(H,30,35). The minimum absolute atomic E-state index is 0.156. The van der Waals surface area contributed by atoms with Crippen molar-refractivity contribution in [2.45, 2.75) is 24.3 Å². The number of nitrogens with zero attached hydrogens (tertiary/aromatic N) is 4. The van der Waals surface area contributed by atoms with Crippen molar-refractivity contribution in [1.29, 1.82) is 0 Å². The van der Waals surface area contributed by atoms with Gasteiger partial charge in [-0.2, -0.15) is 0 Å². The first-order chi connectivity index (χ1) is 18.6. The van der Waals surface area contributed by atoms with Crippen LogP contribution in [0.3, 0.4) is 0 Å². The number of thiazole rings is 1. The fraction of sp³-hybridized carbons (Fsp3) is 0.172. The number of aryl methyl sites for hydroxylation is 1. The number of hydrogen-bond donors (Lipinski definition) is 1. The zero-order valence-corrected chi connectivity index (χ0v) is 22.8. The van der Waals surface area contributed by atoms with Gasteiger partial charge in [-0.05, 0) is 43.2 Å². The second-order valence-corrected chi connectivity index (χ2v) is 10.5. The van der Waals surface area contributed by atoms with E-state index in [0.717, 1.165) is 39.4 Å². The maximum Gasteiger partial charge on any atom is 0.270 e. The van der Waals surface area contributed by atoms with Crippen LogP contribution in [0.1, 0.15) is 26.6 Å². The average Bonchev–Trinajstić information content (AvgIpc) is 3.60. The molecule has 9 heteroatoms. The van der Waals surface area contributed by atoms with Crippen LogP contribution in [-0.2, 0) is 12.2 Å². The van der Waals surface area contributed by atoms with E-state index in [1.54, 1.807) is 12.5 Å². The summed E-state index contributed by atoms with van der Waals surface area (Å²) in [6, 6.07) is 26.2. The van der Waals surface area contributed by atoms with Crippen molar-refractivity contribution >= 4 is 29.0 Å². The van der Waals surface area contributed by atoms with Crippen molar-refractivity contribution < 1.29 is 9.53 Å². The second kappa shape index (κ2) is 12.1. The molecule has 0 aliphatic rings. The van der Waals surface area contributed by atoms with Crippen molar-refractivity contribution in [2.75, 3.05) is 13.7 Å². The molecule has 5 rings (SSSR count). The number of amides is 1. The summed E-state index contributed by atoms with van der Waals surface area (Å²) in [5.74, 6) is 1.90. The molecule has 0 spiro atoms. The van der Waals surface area contributed by atoms with E-state index in [2.05, 4.69) is 63.8 Å². The maximum atomic E-state index is 12.6. The molecule has 0 unspecified atom stereocenters. The number of benzene rings is 3. The van der Waals surface area contributed by atoms with Gasteiger partial charge in [0, 0.05) is 23.2 Å². The number of aromatic nitrogens is 4. The van der Waals surface area contributed by atoms with E-state index < -0.39 is 0 Å². The number of nitrogens with one attached hydrogen (secondary N) is 1. The van der Waals surface area contributed by atoms with Crippen molar-refractivity contribution in [2.24, 2.45) is 0 Å². The Bertz CT molecular complexity index is 1510. The van der Waals surface area contributed by atoms with Crippen LogP contribution < -0.4 is 10.1 Å². The highest BCUT2D eigenvalue weighted by Crippen LogP contribution is 2.31. The van der Waals surface area contributed by atoms with Crippen LogP contribution in [0.5, 0.6) is 5.75 Å². The molecule has 0 atom stereocenters. The van der Waals surface area contributed by atoms with Crippen LogP contribution >= 0.6 is 23.1 Å². The molecule has 0 aliphatic carbocycles. The van der Waals surface area contributed by atoms with Gasteiger partial charge in [-0.15, -0.1) is 21.5 Å². The Balaban J connectivity index is 1.30. The predicted octanol–water partition coefficient (Wildman–Crippen LogP) is 5.97. The third-order valence-electron chi connectivity index (χ3n) is 5.90. The van der Waals surface area contributed by atoms with Crippen molar-refractivity contribution in [3.8, 4) is 22.8 Å². The van der Waals surface area contributed by atoms with Crippen LogP contribution in [0.25, 0.3) is 17.1 Å². The number of methoxy groups -OCH3 is 1. The van der Waals surface area contributed by atoms with Gasteiger partial charge in [0.15, 0.2) is 11.0 Å². The largest absolute Gasteiger partial charge is 0.497 e. The molecule has 0 aliphatic heterocycles. The summed E-state index contributed by atoms with van der Waals surface area (Å²) in [4.78, 5) is 17.2. The molecule has 5 aromatic rings. The number of carbonyl (C=O) groups is 1. The molecule has 0 radical (unpaired) electrons. The molecule has 2 heterocycles. The van der Waals surface area contributed by atoms with E-state index in [-0.39, 0.29) is 5.91 Å². The third kappa shape index (κ3) is 6.12. The Kier molecular flexibility index (Phi) is 8.15. The SMILES string of the molecule is COc1cccc(-c2nnc(SCc3nc(C(=O)NCCc4ccccc4)cs3)n2-c2ccc(C)cc2)c1. The lowest BCUT2D eigenvalue weighted by Gasteiger charge is -2.11. The fourth-order valence-electron chi connectivity index (χ4n) is 3.90. The number of carbonyl (C=O) groups excluding carboxylic acids is 1. The summed E-state index contributed by atoms with van der Waals surface area (Å²) in [6.45, 7) is 2.63. The van der Waals surface area contributed by atoms with Crippen LogP contribution in [-0.4, -0.2) is 39.3 Å². The van der Waals surface area contributed by atoms with Gasteiger partial charge in [-0.1, -0.05) is 71.9 Å². The van der Waals surface area contributed by atoms with Gasteiger partial charge in [-0.3, -0.25) is 9.36 Å². The number of ether oxygens (including phenoxy) is 1. The van der Waals surface area contributed by atoms with E-state index in [9.17, 15) is 4.79 Å². The van der Waals surface area contributed by atoms with Gasteiger partial charge in [0.1, 0.15) is 16.5 Å². The summed E-state index contributed by atoms with van der Waals surface area (Å²) < 4.78 is 7.46. The highest BCUT2D eigenvalue weighted by Gasteiger charge is 2.18. The van der Waals surface area contributed by atoms with Crippen LogP contribution in [0.4, 0.5) is 0 Å². The second-order valence-electron chi connectivity index (χ2n) is 8.62. The quantitative estimate of drug-likeness (QED) is 0.219. The highest BCUT2D eigenvalue weighted by atomic mass is 32.2. The first-order valence-electron chi connectivity index (χ1n) is 12.2. The Morgan fingerprint density at radius 2 is 1.84 bits per heavy atom. The van der Waals surface area contributed by atoms with E-state index in [1.807, 2.05) is 47.0 Å². The zero-order valence-electron chi connectivity index (χ0n) is 21.1. The van der Waals surface area contributed by atoms with E-state index >= 15 is 0 Å². The van der Waals surface area contributed by atoms with E-state index in [4.69, 9.17) is 4.74 Å². The lowest BCUT2D eigenvalue weighted by Crippen LogP contribution is -2.26. The van der Waals surface area contributed by atoms with Gasteiger partial charge in [-0.25, -0.2) is 4.98 Å². The summed E-state index contributed by atoms with van der Waals surface area (Å²) >= 11 is 3.01. The van der Waals surface area contributed by atoms with Crippen molar-refractivity contribution in [3.05, 3.63) is 106 Å². The first-order valence-corrected chi connectivity index (χ1v) is 14.0. The van der Waals surface area contributed by atoms with E-state index in [1.165, 1.54) is 34.2 Å². The highest BCUT2D eigenvalue weighted by molar-refractivity contribution is 7.98. The van der Waals surface area contributed by atoms with Crippen molar-refractivity contribution in [1.82, 2.24) is 25.1 Å². The molecular weight excluding hydrogens is 514 g/mol. The normalized spacial score (nSPS) is 10.9. The number of rotatable bonds is 10. The number of hydrogen-bond acceptors (Lipinski definition) is 7. The molecule has 3 aromatic carbocycles. The van der Waals surface area contributed by atoms with Gasteiger partial charge >= 0.3 is 0 Å². The average molecular weight is 542 g/mol. The van der Waals surface area contributed by atoms with Crippen LogP contribution in [0.15, 0.2) is 89.4 Å². The van der Waals surface area contributed by atoms with Crippen LogP contribution in [0.2, 0.25) is 0 Å². The molecule has 2 aromatic heterocycles. The van der Waals surface area contributed by atoms with Gasteiger partial charge in [0.2, 0.25) is 0 Å². The number of thioether (sulfide) groups is 1. The summed E-state index contributed by atoms with van der Waals surface area (Å²) in [7, 11) is 1.65. The molecule has 0 saturated heterocycles. The Labute approximate surface area is 229 Å². The van der Waals surface area contributed by atoms with Gasteiger partial charge in [0.25, 0.3) is 5.91 Å². The minimum Gasteiger partial charge on any atom is -0.497 e. The molecule has 0 fully saturated rings. The third-order valence-corrected chi connectivity index (χ3v) is 7.88. The molecule has 0 saturated carbocycles. The lowest BCUT2D eigenvalue weighted by molar-refractivity contribution is 0.0949. The predicted molar refractivity (Wildman–Crippen MR) is 152 cm³/mol. The Morgan fingerprint density at radius 3 is 2.63 bits per heavy atom. The molecule has 192 valence electrons. The maximum absolute atomic E-state index is 12.6. The monoisotopic (exact) mass is 541 g/mol. The molecule has 0 bridgehead atoms. The lowest BCUT2D eigenvalue weighted by atomic mass is 10.1. The minimum atomic E-state index is -0.156. The van der Waals surface area contributed by atoms with Gasteiger partial charge in [0.05, 0.1) is 12.9 Å². The Morgan fingerprint density at radius 1 is 1.03 bits per heavy atom. The fourth-order valence-corrected chi connectivity index (χ4v) is 5.65. The molecular formula is C29H27N5O2S2. The Hall–Kier alpha value is -3.95. The first kappa shape index (κ1) is 25.7. The molecule has 38 heavy (non-hydrogen) atoms. The van der Waals surface area contributed by atoms with E-state index in [0.29, 0.717) is 18.0 Å². The summed E-state index contributed by atoms with van der Waals surface area (Å²) in [5.41, 5.74) is 4.69. The smallest absolute Gasteiger partial charge is 0.270 e. The zero-order chi connectivity index (χ0) is 26.3. The topological polar surface area (TPSA) is 81.9 Å².